The van der Waals surface area contributed by atoms with Crippen molar-refractivity contribution in [1.29, 1.82) is 0 Å². The van der Waals surface area contributed by atoms with Gasteiger partial charge in [-0.25, -0.2) is 57.6 Å². The molecular formula is C110H108F8O23S8. The smallest absolute Gasteiger partial charge is 0.508 e. The molecule has 0 spiro atoms. The van der Waals surface area contributed by atoms with Gasteiger partial charge in [-0.05, 0) is 257 Å². The highest BCUT2D eigenvalue weighted by Gasteiger charge is 2.56. The number of fused-ring (bicyclic) bond motifs is 7. The predicted molar refractivity (Wildman–Crippen MR) is 541 cm³/mol. The van der Waals surface area contributed by atoms with Crippen LogP contribution in [-0.4, -0.2) is 142 Å². The maximum atomic E-state index is 13.0. The molecule has 0 amide bonds. The third kappa shape index (κ3) is 32.2. The van der Waals surface area contributed by atoms with Gasteiger partial charge in [-0.1, -0.05) is 250 Å². The molecule has 1 aliphatic heterocycles. The first-order valence-electron chi connectivity index (χ1n) is 47.6. The van der Waals surface area contributed by atoms with E-state index in [9.17, 15) is 111 Å². The molecule has 12 aromatic carbocycles. The van der Waals surface area contributed by atoms with Gasteiger partial charge in [0.2, 0.25) is 0 Å². The summed E-state index contributed by atoms with van der Waals surface area (Å²) in [6.07, 6.45) is 11.6. The third-order valence-electron chi connectivity index (χ3n) is 25.5. The number of hydrogen-bond donors (Lipinski definition) is 0. The number of alkyl halides is 8. The first-order chi connectivity index (χ1) is 71.1. The molecule has 0 N–H and O–H groups in total. The molecule has 7 fully saturated rings. The lowest BCUT2D eigenvalue weighted by molar-refractivity contribution is -0.164. The van der Waals surface area contributed by atoms with Crippen LogP contribution in [0, 0.1) is 53.3 Å². The number of carbonyl (C=O) groups excluding carboxylic acids is 5. The largest absolute Gasteiger partial charge is 0.743 e. The molecular weight excluding hydrogens is 2100 g/mol. The van der Waals surface area contributed by atoms with E-state index in [0.29, 0.717) is 29.6 Å². The van der Waals surface area contributed by atoms with Gasteiger partial charge < -0.3 is 46.6 Å². The lowest BCUT2D eigenvalue weighted by atomic mass is 9.76. The normalized spacial score (nSPS) is 19.2. The summed E-state index contributed by atoms with van der Waals surface area (Å²) in [6, 6.07) is 129. The number of esters is 4. The second-order valence-corrected chi connectivity index (χ2v) is 49.2. The SMILES string of the molecule is O=C(OCC1CC2CC1C1CCCC21)C(F)(F)S(=O)(=O)[O-].O=C(OCC1CC2CCC1C2)C(F)(F)S(=O)(=O)[O-].O=C(OCC1CCCCC1)C(F)(F)S(=O)(=O)[O-].O=C1OCC(COC(=O)C(F)(F)S(=O)(=O)[O-])O1.c1ccc([S+](c2ccccc2)c2ccccc2)cc1.c1ccc([S+](c2ccccc2)c2ccccc2)cc1.c1ccc([S+](c2ccccc2)c2ccccc2)cc1.c1ccc([S+](c2ccccc2)c2ccccc2)cc1. The average Bonchev–Trinajstić information content (AvgIpc) is 1.59. The van der Waals surface area contributed by atoms with Crippen LogP contribution in [-0.2, 0) is 132 Å². The lowest BCUT2D eigenvalue weighted by Gasteiger charge is -2.31. The molecule has 149 heavy (non-hydrogen) atoms. The van der Waals surface area contributed by atoms with E-state index in [2.05, 4.69) is 392 Å². The fourth-order valence-electron chi connectivity index (χ4n) is 18.6. The van der Waals surface area contributed by atoms with Crippen LogP contribution in [0.1, 0.15) is 89.9 Å². The minimum absolute atomic E-state index is 0.0119. The molecule has 12 aromatic rings. The van der Waals surface area contributed by atoms with Gasteiger partial charge in [-0.3, -0.25) is 0 Å². The van der Waals surface area contributed by atoms with Crippen molar-refractivity contribution in [3.05, 3.63) is 364 Å². The number of hydrogen-bond acceptors (Lipinski definition) is 23. The number of cyclic esters (lactones) is 2. The standard InChI is InChI=1S/4C18H15S.C13H18F2O5S.C10H14F2O5S.C9H14F2O5S.C6H6F2O8S/c4*1-4-10-16(11-5-1)19(17-12-6-2-7-13-17)18-14-8-3-9-15-18;14-13(15,21(17,18)19)12(16)20-6-8-4-7-5-11(8)10-3-1-2-9(7)10;11-10(12,18(14,15)16)9(13)17-5-8-4-6-1-2-7(8)3-6;10-9(11,17(13,14)15)8(12)16-6-7-4-2-1-3-5-7;7-6(8,17(11,12)13)4(9)14-1-3-2-15-5(10)16-3/h4*1-15H;7-11H,1-6H2,(H,17,18,19);6-8H,1-5H2,(H,14,15,16);7H,1-6H2,(H,13,14,15);3H,1-2H2,(H,11,12,13)/q4*+1;;;;/p-4. The quantitative estimate of drug-likeness (QED) is 0.0144. The number of carbonyl (C=O) groups is 5. The molecule has 0 aromatic heterocycles. The van der Waals surface area contributed by atoms with Gasteiger partial charge in [-0.2, -0.15) is 35.1 Å². The Hall–Kier alpha value is -11.7. The van der Waals surface area contributed by atoms with Crippen LogP contribution in [0.2, 0.25) is 0 Å². The predicted octanol–water partition coefficient (Wildman–Crippen LogP) is 22.4. The summed E-state index contributed by atoms with van der Waals surface area (Å²) in [5, 5.41) is -20.2. The summed E-state index contributed by atoms with van der Waals surface area (Å²) < 4.78 is 250. The van der Waals surface area contributed by atoms with Crippen molar-refractivity contribution in [2.45, 2.75) is 176 Å². The van der Waals surface area contributed by atoms with E-state index in [1.165, 1.54) is 71.6 Å². The molecule has 1 saturated heterocycles. The highest BCUT2D eigenvalue weighted by molar-refractivity contribution is 7.98. The summed E-state index contributed by atoms with van der Waals surface area (Å²) in [5.74, 6) is -6.12. The van der Waals surface area contributed by atoms with Crippen molar-refractivity contribution in [3.8, 4) is 0 Å². The summed E-state index contributed by atoms with van der Waals surface area (Å²) in [5.41, 5.74) is 0. The zero-order valence-electron chi connectivity index (χ0n) is 80.0. The van der Waals surface area contributed by atoms with Gasteiger partial charge in [0.1, 0.15) is 13.2 Å². The monoisotopic (exact) mass is 2200 g/mol. The molecule has 23 nitrogen and oxygen atoms in total. The van der Waals surface area contributed by atoms with Crippen molar-refractivity contribution in [1.82, 2.24) is 0 Å². The molecule has 4 bridgehead atoms. The molecule has 19 rings (SSSR count). The fourth-order valence-corrected chi connectivity index (χ4v) is 28.0. The Morgan fingerprint density at radius 3 is 0.758 bits per heavy atom. The molecule has 9 atom stereocenters. The molecule has 6 aliphatic carbocycles. The zero-order valence-corrected chi connectivity index (χ0v) is 86.6. The second kappa shape index (κ2) is 54.3. The minimum Gasteiger partial charge on any atom is -0.743 e. The number of rotatable bonds is 28. The fraction of sp³-hybridized carbons (Fsp3) is 0.300. The first kappa shape index (κ1) is 116. The van der Waals surface area contributed by atoms with E-state index in [1.807, 2.05) is 0 Å². The zero-order chi connectivity index (χ0) is 107. The Bertz CT molecular complexity index is 5870. The van der Waals surface area contributed by atoms with Crippen LogP contribution in [0.4, 0.5) is 39.9 Å². The molecule has 1 heterocycles. The van der Waals surface area contributed by atoms with Gasteiger partial charge >= 0.3 is 51.1 Å². The van der Waals surface area contributed by atoms with Crippen LogP contribution in [0.15, 0.2) is 423 Å². The average molecular weight is 2210 g/mol. The van der Waals surface area contributed by atoms with E-state index < -0.39 is 104 Å². The topological polar surface area (TPSA) is 370 Å². The van der Waals surface area contributed by atoms with Gasteiger partial charge in [0.25, 0.3) is 0 Å². The third-order valence-corrected chi connectivity index (χ3v) is 37.6. The van der Waals surface area contributed by atoms with E-state index in [1.54, 1.807) is 0 Å². The summed E-state index contributed by atoms with van der Waals surface area (Å²) in [7, 11) is -24.3. The van der Waals surface area contributed by atoms with Crippen molar-refractivity contribution in [2.75, 3.05) is 33.0 Å². The molecule has 39 heteroatoms. The van der Waals surface area contributed by atoms with Gasteiger partial charge in [0.05, 0.1) is 63.4 Å². The highest BCUT2D eigenvalue weighted by Crippen LogP contribution is 2.61. The van der Waals surface area contributed by atoms with Gasteiger partial charge in [-0.15, -0.1) is 0 Å². The lowest BCUT2D eigenvalue weighted by Crippen LogP contribution is -2.40. The van der Waals surface area contributed by atoms with Crippen molar-refractivity contribution in [2.24, 2.45) is 53.3 Å². The Labute approximate surface area is 873 Å². The maximum Gasteiger partial charge on any atom is 0.508 e. The number of benzene rings is 12. The van der Waals surface area contributed by atoms with E-state index in [0.717, 1.165) is 83.0 Å². The Kier molecular flexibility index (Phi) is 42.3. The van der Waals surface area contributed by atoms with Crippen molar-refractivity contribution in [3.63, 3.8) is 0 Å². The molecule has 790 valence electrons. The summed E-state index contributed by atoms with van der Waals surface area (Å²) >= 11 is 0. The van der Waals surface area contributed by atoms with Crippen molar-refractivity contribution < 1.29 is 139 Å². The van der Waals surface area contributed by atoms with E-state index in [-0.39, 0.29) is 87.8 Å². The summed E-state index contributed by atoms with van der Waals surface area (Å²) in [4.78, 5) is 70.2. The van der Waals surface area contributed by atoms with Gasteiger partial charge in [0.15, 0.2) is 105 Å². The van der Waals surface area contributed by atoms with Crippen molar-refractivity contribution >= 4 is 114 Å². The van der Waals surface area contributed by atoms with E-state index >= 15 is 0 Å². The van der Waals surface area contributed by atoms with Crippen LogP contribution < -0.4 is 0 Å². The number of ether oxygens (including phenoxy) is 6. The molecule has 6 saturated carbocycles. The van der Waals surface area contributed by atoms with Crippen LogP contribution in [0.3, 0.4) is 0 Å². The highest BCUT2D eigenvalue weighted by atomic mass is 32.2. The number of halogens is 8. The Morgan fingerprint density at radius 1 is 0.275 bits per heavy atom. The summed E-state index contributed by atoms with van der Waals surface area (Å²) in [6.45, 7) is -1.87. The minimum atomic E-state index is -6.15. The second-order valence-electron chi connectivity index (χ2n) is 35.4. The van der Waals surface area contributed by atoms with E-state index in [4.69, 9.17) is 0 Å². The molecule has 0 radical (unpaired) electrons. The van der Waals surface area contributed by atoms with Crippen LogP contribution >= 0.6 is 0 Å². The Morgan fingerprint density at radius 2 is 0.523 bits per heavy atom. The van der Waals surface area contributed by atoms with Gasteiger partial charge in [0, 0.05) is 0 Å². The first-order valence-corrected chi connectivity index (χ1v) is 58.1. The maximum absolute atomic E-state index is 13.0. The molecule has 9 unspecified atom stereocenters. The Balaban J connectivity index is 0.000000151. The van der Waals surface area contributed by atoms with Crippen LogP contribution in [0.5, 0.6) is 0 Å². The molecule has 7 aliphatic rings. The van der Waals surface area contributed by atoms with Crippen LogP contribution in [0.25, 0.3) is 0 Å².